The first-order valence-electron chi connectivity index (χ1n) is 7.07. The smallest absolute Gasteiger partial charge is 0.207 e. The van der Waals surface area contributed by atoms with Gasteiger partial charge in [0, 0.05) is 24.5 Å². The molecule has 5 nitrogen and oxygen atoms in total. The Balaban J connectivity index is 2.09. The Bertz CT molecular complexity index is 817. The summed E-state index contributed by atoms with van der Waals surface area (Å²) in [5, 5.41) is 10.1. The summed E-state index contributed by atoms with van der Waals surface area (Å²) in [5.41, 5.74) is 1.36. The molecule has 0 bridgehead atoms. The van der Waals surface area contributed by atoms with Gasteiger partial charge in [-0.15, -0.1) is 0 Å². The minimum Gasteiger partial charge on any atom is -0.350 e. The van der Waals surface area contributed by atoms with Gasteiger partial charge in [-0.2, -0.15) is 5.26 Å². The Morgan fingerprint density at radius 1 is 1.41 bits per heavy atom. The van der Waals surface area contributed by atoms with Crippen molar-refractivity contribution in [2.75, 3.05) is 13.2 Å². The fraction of sp³-hybridized carbons (Fsp3) is 0.375. The van der Waals surface area contributed by atoms with Crippen LogP contribution in [0.3, 0.4) is 0 Å². The topological polar surface area (TPSA) is 64.2 Å². The summed E-state index contributed by atoms with van der Waals surface area (Å²) in [4.78, 5) is 12.3. The van der Waals surface area contributed by atoms with Crippen molar-refractivity contribution in [2.24, 2.45) is 0 Å². The third-order valence-electron chi connectivity index (χ3n) is 3.69. The summed E-state index contributed by atoms with van der Waals surface area (Å²) in [7, 11) is 0. The van der Waals surface area contributed by atoms with Crippen molar-refractivity contribution < 1.29 is 9.47 Å². The van der Waals surface area contributed by atoms with Gasteiger partial charge in [-0.25, -0.2) is 0 Å². The predicted octanol–water partition coefficient (Wildman–Crippen LogP) is 2.60. The Morgan fingerprint density at radius 2 is 2.14 bits per heavy atom. The maximum atomic E-state index is 12.3. The van der Waals surface area contributed by atoms with Crippen molar-refractivity contribution in [1.82, 2.24) is 4.57 Å². The molecule has 3 rings (SSSR count). The monoisotopic (exact) mass is 318 g/mol. The van der Waals surface area contributed by atoms with E-state index in [2.05, 4.69) is 0 Å². The maximum Gasteiger partial charge on any atom is 0.207 e. The molecule has 0 radical (unpaired) electrons. The molecule has 0 atom stereocenters. The Labute approximate surface area is 132 Å². The first-order valence-corrected chi connectivity index (χ1v) is 7.44. The summed E-state index contributed by atoms with van der Waals surface area (Å²) < 4.78 is 12.7. The van der Waals surface area contributed by atoms with E-state index in [4.69, 9.17) is 21.1 Å². The molecule has 1 saturated heterocycles. The van der Waals surface area contributed by atoms with Gasteiger partial charge in [0.2, 0.25) is 5.43 Å². The summed E-state index contributed by atoms with van der Waals surface area (Å²) in [5.74, 6) is 0. The Hall–Kier alpha value is -1.87. The standard InChI is InChI=1S/C16H15ClN2O3/c1-10-6-12-15(13(17)7-10)19(9-11(8-18)16(12)20)3-2-14-21-4-5-22-14/h6-7,9,14H,2-5H2,1H3. The van der Waals surface area contributed by atoms with Crippen molar-refractivity contribution in [3.05, 3.63) is 44.7 Å². The number of hydrogen-bond donors (Lipinski definition) is 0. The molecule has 2 aromatic rings. The SMILES string of the molecule is Cc1cc(Cl)c2c(c1)c(=O)c(C#N)cn2CCC1OCCO1. The summed E-state index contributed by atoms with van der Waals surface area (Å²) in [6, 6.07) is 5.54. The highest BCUT2D eigenvalue weighted by molar-refractivity contribution is 6.35. The number of nitrogens with zero attached hydrogens (tertiary/aromatic N) is 2. The first-order chi connectivity index (χ1) is 10.6. The van der Waals surface area contributed by atoms with E-state index < -0.39 is 0 Å². The fourth-order valence-electron chi connectivity index (χ4n) is 2.70. The zero-order valence-corrected chi connectivity index (χ0v) is 12.9. The third kappa shape index (κ3) is 2.73. The number of benzene rings is 1. The average molecular weight is 319 g/mol. The van der Waals surface area contributed by atoms with Crippen molar-refractivity contribution >= 4 is 22.5 Å². The second-order valence-electron chi connectivity index (χ2n) is 5.28. The van der Waals surface area contributed by atoms with Gasteiger partial charge >= 0.3 is 0 Å². The van der Waals surface area contributed by atoms with Crippen LogP contribution < -0.4 is 5.43 Å². The van der Waals surface area contributed by atoms with Gasteiger partial charge in [0.15, 0.2) is 6.29 Å². The van der Waals surface area contributed by atoms with Crippen molar-refractivity contribution in [2.45, 2.75) is 26.2 Å². The second kappa shape index (κ2) is 6.09. The van der Waals surface area contributed by atoms with Crippen LogP contribution in [-0.4, -0.2) is 24.1 Å². The number of ether oxygens (including phenoxy) is 2. The summed E-state index contributed by atoms with van der Waals surface area (Å²) in [6.45, 7) is 3.62. The molecule has 114 valence electrons. The molecule has 1 aliphatic rings. The van der Waals surface area contributed by atoms with E-state index in [1.165, 1.54) is 0 Å². The highest BCUT2D eigenvalue weighted by Crippen LogP contribution is 2.24. The molecule has 6 heteroatoms. The molecule has 1 fully saturated rings. The van der Waals surface area contributed by atoms with Gasteiger partial charge in [0.1, 0.15) is 11.6 Å². The summed E-state index contributed by atoms with van der Waals surface area (Å²) >= 11 is 6.33. The molecule has 0 aliphatic carbocycles. The predicted molar refractivity (Wildman–Crippen MR) is 83.0 cm³/mol. The highest BCUT2D eigenvalue weighted by atomic mass is 35.5. The number of hydrogen-bond acceptors (Lipinski definition) is 4. The van der Waals surface area contributed by atoms with Crippen LogP contribution in [0, 0.1) is 18.3 Å². The number of nitriles is 1. The van der Waals surface area contributed by atoms with Crippen molar-refractivity contribution in [3.63, 3.8) is 0 Å². The maximum absolute atomic E-state index is 12.3. The Kier molecular flexibility index (Phi) is 4.16. The van der Waals surface area contributed by atoms with Gasteiger partial charge < -0.3 is 14.0 Å². The first kappa shape index (κ1) is 15.0. The number of fused-ring (bicyclic) bond motifs is 1. The minimum atomic E-state index is -0.285. The van der Waals surface area contributed by atoms with Crippen molar-refractivity contribution in [3.8, 4) is 6.07 Å². The van der Waals surface area contributed by atoms with Crippen LogP contribution in [0.25, 0.3) is 10.9 Å². The normalized spacial score (nSPS) is 15.3. The fourth-order valence-corrected chi connectivity index (χ4v) is 3.08. The number of pyridine rings is 1. The molecular weight excluding hydrogens is 304 g/mol. The molecule has 22 heavy (non-hydrogen) atoms. The molecule has 0 unspecified atom stereocenters. The molecular formula is C16H15ClN2O3. The molecule has 1 aliphatic heterocycles. The van der Waals surface area contributed by atoms with Gasteiger partial charge in [-0.05, 0) is 24.6 Å². The number of aryl methyl sites for hydroxylation is 2. The van der Waals surface area contributed by atoms with Gasteiger partial charge in [-0.3, -0.25) is 4.79 Å². The highest BCUT2D eigenvalue weighted by Gasteiger charge is 2.17. The second-order valence-corrected chi connectivity index (χ2v) is 5.69. The molecule has 0 saturated carbocycles. The number of halogens is 1. The van der Waals surface area contributed by atoms with Gasteiger partial charge in [0.25, 0.3) is 0 Å². The summed E-state index contributed by atoms with van der Waals surface area (Å²) in [6.07, 6.45) is 1.94. The van der Waals surface area contributed by atoms with Crippen LogP contribution in [0.1, 0.15) is 17.5 Å². The van der Waals surface area contributed by atoms with E-state index >= 15 is 0 Å². The van der Waals surface area contributed by atoms with Crippen LogP contribution in [0.4, 0.5) is 0 Å². The zero-order chi connectivity index (χ0) is 15.7. The molecule has 1 aromatic carbocycles. The lowest BCUT2D eigenvalue weighted by atomic mass is 10.1. The molecule has 0 N–H and O–H groups in total. The lowest BCUT2D eigenvalue weighted by Crippen LogP contribution is -2.17. The average Bonchev–Trinajstić information content (AvgIpc) is 3.00. The largest absolute Gasteiger partial charge is 0.350 e. The Morgan fingerprint density at radius 3 is 2.82 bits per heavy atom. The van der Waals surface area contributed by atoms with Gasteiger partial charge in [-0.1, -0.05) is 11.6 Å². The van der Waals surface area contributed by atoms with Gasteiger partial charge in [0.05, 0.1) is 23.8 Å². The molecule has 2 heterocycles. The van der Waals surface area contributed by atoms with Crippen LogP contribution in [0.2, 0.25) is 5.02 Å². The molecule has 0 amide bonds. The van der Waals surface area contributed by atoms with Crippen LogP contribution in [0.15, 0.2) is 23.1 Å². The lowest BCUT2D eigenvalue weighted by molar-refractivity contribution is -0.0489. The van der Waals surface area contributed by atoms with E-state index in [1.54, 1.807) is 12.3 Å². The quantitative estimate of drug-likeness (QED) is 0.872. The number of aromatic nitrogens is 1. The van der Waals surface area contributed by atoms with Crippen LogP contribution in [-0.2, 0) is 16.0 Å². The van der Waals surface area contributed by atoms with E-state index in [-0.39, 0.29) is 17.3 Å². The van der Waals surface area contributed by atoms with E-state index in [9.17, 15) is 10.1 Å². The van der Waals surface area contributed by atoms with Crippen LogP contribution in [0.5, 0.6) is 0 Å². The lowest BCUT2D eigenvalue weighted by Gasteiger charge is -2.15. The van der Waals surface area contributed by atoms with E-state index in [0.29, 0.717) is 42.1 Å². The third-order valence-corrected chi connectivity index (χ3v) is 3.97. The molecule has 1 aromatic heterocycles. The van der Waals surface area contributed by atoms with Crippen molar-refractivity contribution in [1.29, 1.82) is 5.26 Å². The van der Waals surface area contributed by atoms with E-state index in [1.807, 2.05) is 23.6 Å². The number of rotatable bonds is 3. The van der Waals surface area contributed by atoms with E-state index in [0.717, 1.165) is 5.56 Å². The molecule has 0 spiro atoms. The zero-order valence-electron chi connectivity index (χ0n) is 12.1. The van der Waals surface area contributed by atoms with Crippen LogP contribution >= 0.6 is 11.6 Å². The minimum absolute atomic E-state index is 0.113.